The molecular weight excluding hydrogens is 483 g/mol. The van der Waals surface area contributed by atoms with E-state index >= 15 is 0 Å². The largest absolute Gasteiger partial charge is 0.477 e. The standard InChI is InChI=1S/C31H65O5P/c1-4-7-9-11-13-15-17-19-21-23-25-27-29-34-37(33,36-31(32)6-3)35-30-28-26-24-22-20-18-16-14-12-10-8-5-2/h31-32H,4-30H2,1-3H3. The number of aliphatic hydroxyl groups is 1. The predicted molar refractivity (Wildman–Crippen MR) is 159 cm³/mol. The van der Waals surface area contributed by atoms with Gasteiger partial charge in [-0.05, 0) is 19.3 Å². The van der Waals surface area contributed by atoms with Gasteiger partial charge >= 0.3 is 7.82 Å². The van der Waals surface area contributed by atoms with Crippen LogP contribution in [0.5, 0.6) is 0 Å². The van der Waals surface area contributed by atoms with E-state index in [0.29, 0.717) is 19.6 Å². The highest BCUT2D eigenvalue weighted by Crippen LogP contribution is 2.51. The molecule has 0 saturated heterocycles. The van der Waals surface area contributed by atoms with E-state index in [1.165, 1.54) is 128 Å². The lowest BCUT2D eigenvalue weighted by molar-refractivity contribution is -0.0502. The second kappa shape index (κ2) is 29.1. The summed E-state index contributed by atoms with van der Waals surface area (Å²) in [6.45, 7) is 7.01. The van der Waals surface area contributed by atoms with E-state index in [4.69, 9.17) is 13.6 Å². The molecule has 0 aromatic heterocycles. The van der Waals surface area contributed by atoms with Gasteiger partial charge in [-0.25, -0.2) is 4.57 Å². The topological polar surface area (TPSA) is 65.0 Å². The Labute approximate surface area is 231 Å². The Balaban J connectivity index is 3.78. The molecule has 0 fully saturated rings. The van der Waals surface area contributed by atoms with E-state index in [1.807, 2.05) is 0 Å². The zero-order valence-corrected chi connectivity index (χ0v) is 26.1. The Kier molecular flexibility index (Phi) is 29.1. The molecule has 0 heterocycles. The van der Waals surface area contributed by atoms with Gasteiger partial charge in [-0.15, -0.1) is 0 Å². The van der Waals surface area contributed by atoms with Crippen molar-refractivity contribution in [3.63, 3.8) is 0 Å². The van der Waals surface area contributed by atoms with Gasteiger partial charge in [0.2, 0.25) is 0 Å². The Bertz CT molecular complexity index is 454. The lowest BCUT2D eigenvalue weighted by Gasteiger charge is -2.20. The molecule has 1 atom stereocenters. The van der Waals surface area contributed by atoms with Crippen LogP contribution in [0.4, 0.5) is 0 Å². The van der Waals surface area contributed by atoms with Crippen molar-refractivity contribution in [3.8, 4) is 0 Å². The number of rotatable bonds is 31. The number of phosphoric ester groups is 1. The van der Waals surface area contributed by atoms with Crippen LogP contribution < -0.4 is 0 Å². The van der Waals surface area contributed by atoms with Gasteiger partial charge in [0.25, 0.3) is 0 Å². The summed E-state index contributed by atoms with van der Waals surface area (Å²) in [6.07, 6.45) is 29.7. The van der Waals surface area contributed by atoms with E-state index in [9.17, 15) is 9.67 Å². The first-order valence-corrected chi connectivity index (χ1v) is 17.8. The Hall–Kier alpha value is 0.0700. The second-order valence-electron chi connectivity index (χ2n) is 10.9. The van der Waals surface area contributed by atoms with Crippen LogP contribution in [0.2, 0.25) is 0 Å². The van der Waals surface area contributed by atoms with Crippen LogP contribution in [-0.4, -0.2) is 24.6 Å². The van der Waals surface area contributed by atoms with Crippen molar-refractivity contribution in [2.24, 2.45) is 0 Å². The molecule has 0 rings (SSSR count). The van der Waals surface area contributed by atoms with Gasteiger partial charge in [0.15, 0.2) is 6.29 Å². The van der Waals surface area contributed by atoms with Gasteiger partial charge in [-0.2, -0.15) is 0 Å². The summed E-state index contributed by atoms with van der Waals surface area (Å²) in [5.74, 6) is 0. The minimum atomic E-state index is -3.71. The number of hydrogen-bond donors (Lipinski definition) is 1. The fourth-order valence-electron chi connectivity index (χ4n) is 4.56. The van der Waals surface area contributed by atoms with Gasteiger partial charge in [0.1, 0.15) is 0 Å². The molecule has 224 valence electrons. The Morgan fingerprint density at radius 1 is 0.486 bits per heavy atom. The SMILES string of the molecule is CCCCCCCCCCCCCCOP(=O)(OCCCCCCCCCCCCCC)OC(O)CC. The van der Waals surface area contributed by atoms with E-state index < -0.39 is 14.1 Å². The highest BCUT2D eigenvalue weighted by molar-refractivity contribution is 7.48. The number of hydrogen-bond acceptors (Lipinski definition) is 5. The summed E-state index contributed by atoms with van der Waals surface area (Å²) in [7, 11) is -3.71. The minimum Gasteiger partial charge on any atom is -0.367 e. The maximum Gasteiger partial charge on any atom is 0.477 e. The molecule has 0 amide bonds. The summed E-state index contributed by atoms with van der Waals surface area (Å²) in [5, 5.41) is 9.85. The average Bonchev–Trinajstić information content (AvgIpc) is 2.89. The summed E-state index contributed by atoms with van der Waals surface area (Å²) in [5.41, 5.74) is 0. The number of phosphoric acid groups is 1. The third kappa shape index (κ3) is 27.4. The highest BCUT2D eigenvalue weighted by atomic mass is 31.2. The van der Waals surface area contributed by atoms with Crippen LogP contribution in [0.1, 0.15) is 181 Å². The van der Waals surface area contributed by atoms with Crippen LogP contribution in [0.3, 0.4) is 0 Å². The van der Waals surface area contributed by atoms with Crippen LogP contribution >= 0.6 is 7.82 Å². The molecule has 0 aliphatic heterocycles. The lowest BCUT2D eigenvalue weighted by atomic mass is 10.1. The smallest absolute Gasteiger partial charge is 0.367 e. The molecule has 0 saturated carbocycles. The van der Waals surface area contributed by atoms with E-state index in [0.717, 1.165) is 25.7 Å². The molecule has 37 heavy (non-hydrogen) atoms. The fraction of sp³-hybridized carbons (Fsp3) is 1.00. The third-order valence-electron chi connectivity index (χ3n) is 7.09. The molecule has 0 spiro atoms. The lowest BCUT2D eigenvalue weighted by Crippen LogP contribution is -2.12. The summed E-state index contributed by atoms with van der Waals surface area (Å²) in [4.78, 5) is 0. The molecule has 6 heteroatoms. The van der Waals surface area contributed by atoms with Gasteiger partial charge in [-0.3, -0.25) is 13.6 Å². The zero-order chi connectivity index (χ0) is 27.3. The van der Waals surface area contributed by atoms with E-state index in [1.54, 1.807) is 6.92 Å². The first kappa shape index (κ1) is 37.1. The van der Waals surface area contributed by atoms with Gasteiger partial charge in [-0.1, -0.05) is 162 Å². The average molecular weight is 549 g/mol. The van der Waals surface area contributed by atoms with Gasteiger partial charge < -0.3 is 5.11 Å². The first-order valence-electron chi connectivity index (χ1n) is 16.3. The quantitative estimate of drug-likeness (QED) is 0.0530. The van der Waals surface area contributed by atoms with Crippen molar-refractivity contribution in [3.05, 3.63) is 0 Å². The maximum atomic E-state index is 13.0. The van der Waals surface area contributed by atoms with Crippen LogP contribution in [-0.2, 0) is 18.1 Å². The van der Waals surface area contributed by atoms with E-state index in [2.05, 4.69) is 13.8 Å². The normalized spacial score (nSPS) is 12.9. The van der Waals surface area contributed by atoms with Crippen molar-refractivity contribution < 1.29 is 23.2 Å². The maximum absolute atomic E-state index is 13.0. The molecule has 1 unspecified atom stereocenters. The predicted octanol–water partition coefficient (Wildman–Crippen LogP) is 11.3. The molecule has 0 aromatic carbocycles. The van der Waals surface area contributed by atoms with Crippen molar-refractivity contribution in [2.45, 2.75) is 188 Å². The Morgan fingerprint density at radius 3 is 1.03 bits per heavy atom. The second-order valence-corrected chi connectivity index (χ2v) is 12.5. The summed E-state index contributed by atoms with van der Waals surface area (Å²) >= 11 is 0. The molecule has 0 aliphatic rings. The van der Waals surface area contributed by atoms with Crippen LogP contribution in [0.15, 0.2) is 0 Å². The number of aliphatic hydroxyl groups excluding tert-OH is 1. The Morgan fingerprint density at radius 2 is 0.757 bits per heavy atom. The molecule has 0 aromatic rings. The monoisotopic (exact) mass is 548 g/mol. The minimum absolute atomic E-state index is 0.351. The summed E-state index contributed by atoms with van der Waals surface area (Å²) < 4.78 is 29.3. The summed E-state index contributed by atoms with van der Waals surface area (Å²) in [6, 6.07) is 0. The van der Waals surface area contributed by atoms with Crippen molar-refractivity contribution in [2.75, 3.05) is 13.2 Å². The number of unbranched alkanes of at least 4 members (excludes halogenated alkanes) is 22. The van der Waals surface area contributed by atoms with Crippen molar-refractivity contribution >= 4 is 7.82 Å². The van der Waals surface area contributed by atoms with Crippen LogP contribution in [0, 0.1) is 0 Å². The molecule has 5 nitrogen and oxygen atoms in total. The van der Waals surface area contributed by atoms with Gasteiger partial charge in [0, 0.05) is 0 Å². The fourth-order valence-corrected chi connectivity index (χ4v) is 5.91. The molecule has 0 aliphatic carbocycles. The molecular formula is C31H65O5P. The first-order chi connectivity index (χ1) is 18.1. The van der Waals surface area contributed by atoms with Crippen molar-refractivity contribution in [1.29, 1.82) is 0 Å². The third-order valence-corrected chi connectivity index (χ3v) is 8.59. The van der Waals surface area contributed by atoms with E-state index in [-0.39, 0.29) is 0 Å². The van der Waals surface area contributed by atoms with Gasteiger partial charge in [0.05, 0.1) is 13.2 Å². The molecule has 0 radical (unpaired) electrons. The highest BCUT2D eigenvalue weighted by Gasteiger charge is 2.29. The van der Waals surface area contributed by atoms with Crippen LogP contribution in [0.25, 0.3) is 0 Å². The molecule has 1 N–H and O–H groups in total. The molecule has 0 bridgehead atoms. The van der Waals surface area contributed by atoms with Crippen molar-refractivity contribution in [1.82, 2.24) is 0 Å². The zero-order valence-electron chi connectivity index (χ0n) is 25.2.